The van der Waals surface area contributed by atoms with Gasteiger partial charge in [0.25, 0.3) is 11.1 Å². The normalized spacial score (nSPS) is 18.7. The van der Waals surface area contributed by atoms with Crippen LogP contribution in [0.15, 0.2) is 41.3 Å². The first-order valence-corrected chi connectivity index (χ1v) is 11.4. The van der Waals surface area contributed by atoms with Crippen molar-refractivity contribution in [2.75, 3.05) is 44.9 Å². The zero-order valence-electron chi connectivity index (χ0n) is 17.9. The highest BCUT2D eigenvalue weighted by molar-refractivity contribution is 8.18. The fraction of sp³-hybridized carbons (Fsp3) is 0.304. The number of phenolic OH excluding ortho intramolecular Hbond substituents is 1. The van der Waals surface area contributed by atoms with Gasteiger partial charge in [-0.2, -0.15) is 0 Å². The topological polar surface area (TPSA) is 73.3 Å². The van der Waals surface area contributed by atoms with Crippen LogP contribution in [0.4, 0.5) is 10.5 Å². The molecule has 2 heterocycles. The quantitative estimate of drug-likeness (QED) is 0.653. The molecule has 0 bridgehead atoms. The maximum absolute atomic E-state index is 12.9. The summed E-state index contributed by atoms with van der Waals surface area (Å²) in [7, 11) is 1.46. The molecular weight excluding hydrogens is 450 g/mol. The van der Waals surface area contributed by atoms with Crippen LogP contribution < -0.4 is 9.64 Å². The van der Waals surface area contributed by atoms with E-state index in [0.29, 0.717) is 16.2 Å². The fourth-order valence-electron chi connectivity index (χ4n) is 3.68. The SMILES string of the molecule is COc1cc(C=C2SC(=O)N(CN3CCN(c4ccc(C)c(Cl)c4)CC3)C2=O)ccc1O. The number of aryl methyl sites for hydroxylation is 1. The van der Waals surface area contributed by atoms with Gasteiger partial charge in [0.1, 0.15) is 0 Å². The number of carbonyl (C=O) groups excluding carboxylic acids is 2. The van der Waals surface area contributed by atoms with Crippen LogP contribution in [-0.4, -0.2) is 66.0 Å². The smallest absolute Gasteiger partial charge is 0.294 e. The summed E-state index contributed by atoms with van der Waals surface area (Å²) in [5.74, 6) is 0.0234. The van der Waals surface area contributed by atoms with Gasteiger partial charge in [-0.15, -0.1) is 0 Å². The molecule has 7 nitrogen and oxygen atoms in total. The van der Waals surface area contributed by atoms with E-state index >= 15 is 0 Å². The Morgan fingerprint density at radius 2 is 1.88 bits per heavy atom. The summed E-state index contributed by atoms with van der Waals surface area (Å²) in [6, 6.07) is 10.8. The second-order valence-electron chi connectivity index (χ2n) is 7.72. The Morgan fingerprint density at radius 1 is 1.12 bits per heavy atom. The highest BCUT2D eigenvalue weighted by Crippen LogP contribution is 2.34. The van der Waals surface area contributed by atoms with Gasteiger partial charge in [-0.05, 0) is 60.2 Å². The van der Waals surface area contributed by atoms with Gasteiger partial charge < -0.3 is 14.7 Å². The van der Waals surface area contributed by atoms with Crippen LogP contribution in [0.25, 0.3) is 6.08 Å². The Kier molecular flexibility index (Phi) is 6.64. The number of amides is 2. The van der Waals surface area contributed by atoms with Crippen molar-refractivity contribution >= 4 is 46.3 Å². The van der Waals surface area contributed by atoms with Crippen molar-refractivity contribution in [3.63, 3.8) is 0 Å². The van der Waals surface area contributed by atoms with Crippen molar-refractivity contribution in [3.05, 3.63) is 57.5 Å². The molecule has 2 aliphatic heterocycles. The van der Waals surface area contributed by atoms with E-state index < -0.39 is 0 Å². The maximum atomic E-state index is 12.9. The number of aromatic hydroxyl groups is 1. The number of carbonyl (C=O) groups is 2. The summed E-state index contributed by atoms with van der Waals surface area (Å²) in [6.45, 7) is 5.30. The van der Waals surface area contributed by atoms with Crippen LogP contribution >= 0.6 is 23.4 Å². The van der Waals surface area contributed by atoms with Crippen molar-refractivity contribution in [2.24, 2.45) is 0 Å². The molecule has 9 heteroatoms. The van der Waals surface area contributed by atoms with Crippen molar-refractivity contribution in [3.8, 4) is 11.5 Å². The van der Waals surface area contributed by atoms with E-state index in [1.807, 2.05) is 19.1 Å². The summed E-state index contributed by atoms with van der Waals surface area (Å²) in [5.41, 5.74) is 2.81. The van der Waals surface area contributed by atoms with Crippen LogP contribution in [0, 0.1) is 6.92 Å². The number of hydrogen-bond acceptors (Lipinski definition) is 7. The Labute approximate surface area is 196 Å². The number of thioether (sulfide) groups is 1. The molecule has 2 amide bonds. The van der Waals surface area contributed by atoms with Crippen LogP contribution in [0.5, 0.6) is 11.5 Å². The standard InChI is InChI=1S/C23H24ClN3O4S/c1-15-3-5-17(13-18(15)24)26-9-7-25(8-10-26)14-27-22(29)21(32-23(27)30)12-16-4-6-19(28)20(11-16)31-2/h3-6,11-13,28H,7-10,14H2,1-2H3. The second kappa shape index (κ2) is 9.44. The van der Waals surface area contributed by atoms with Crippen LogP contribution in [-0.2, 0) is 4.79 Å². The summed E-state index contributed by atoms with van der Waals surface area (Å²) >= 11 is 7.18. The van der Waals surface area contributed by atoms with Crippen molar-refractivity contribution in [2.45, 2.75) is 6.92 Å². The lowest BCUT2D eigenvalue weighted by atomic mass is 10.2. The molecule has 0 spiro atoms. The largest absolute Gasteiger partial charge is 0.504 e. The molecule has 2 aromatic rings. The molecule has 0 radical (unpaired) electrons. The number of ether oxygens (including phenoxy) is 1. The third-order valence-corrected chi connectivity index (χ3v) is 6.92. The zero-order valence-corrected chi connectivity index (χ0v) is 19.4. The summed E-state index contributed by atoms with van der Waals surface area (Å²) in [5, 5.41) is 10.2. The number of piperazine rings is 1. The summed E-state index contributed by atoms with van der Waals surface area (Å²) < 4.78 is 5.11. The highest BCUT2D eigenvalue weighted by atomic mass is 35.5. The molecule has 0 atom stereocenters. The third-order valence-electron chi connectivity index (χ3n) is 5.61. The van der Waals surface area contributed by atoms with Gasteiger partial charge >= 0.3 is 0 Å². The molecule has 32 heavy (non-hydrogen) atoms. The van der Waals surface area contributed by atoms with E-state index in [1.165, 1.54) is 18.1 Å². The Bertz CT molecular complexity index is 1080. The molecule has 2 aromatic carbocycles. The Morgan fingerprint density at radius 3 is 2.56 bits per heavy atom. The van der Waals surface area contributed by atoms with Crippen molar-refractivity contribution in [1.29, 1.82) is 0 Å². The lowest BCUT2D eigenvalue weighted by Gasteiger charge is -2.37. The molecular formula is C23H24ClN3O4S. The Balaban J connectivity index is 1.38. The molecule has 0 aromatic heterocycles. The van der Waals surface area contributed by atoms with Gasteiger partial charge in [0, 0.05) is 36.9 Å². The van der Waals surface area contributed by atoms with Crippen LogP contribution in [0.3, 0.4) is 0 Å². The molecule has 0 saturated carbocycles. The first-order valence-electron chi connectivity index (χ1n) is 10.2. The minimum Gasteiger partial charge on any atom is -0.504 e. The van der Waals surface area contributed by atoms with Crippen molar-refractivity contribution < 1.29 is 19.4 Å². The van der Waals surface area contributed by atoms with E-state index in [-0.39, 0.29) is 23.6 Å². The zero-order chi connectivity index (χ0) is 22.8. The predicted molar refractivity (Wildman–Crippen MR) is 127 cm³/mol. The minimum atomic E-state index is -0.306. The van der Waals surface area contributed by atoms with Gasteiger partial charge in [-0.3, -0.25) is 19.4 Å². The number of halogens is 1. The summed E-state index contributed by atoms with van der Waals surface area (Å²) in [4.78, 5) is 31.4. The minimum absolute atomic E-state index is 0.0183. The van der Waals surface area contributed by atoms with Gasteiger partial charge in [-0.25, -0.2) is 0 Å². The van der Waals surface area contributed by atoms with E-state index in [4.69, 9.17) is 16.3 Å². The second-order valence-corrected chi connectivity index (χ2v) is 9.12. The molecule has 2 fully saturated rings. The van der Waals surface area contributed by atoms with E-state index in [2.05, 4.69) is 15.9 Å². The van der Waals surface area contributed by atoms with Crippen LogP contribution in [0.2, 0.25) is 5.02 Å². The van der Waals surface area contributed by atoms with E-state index in [1.54, 1.807) is 18.2 Å². The number of hydrogen-bond donors (Lipinski definition) is 1. The van der Waals surface area contributed by atoms with Gasteiger partial charge in [0.15, 0.2) is 11.5 Å². The number of rotatable bonds is 5. The third kappa shape index (κ3) is 4.72. The number of phenols is 1. The highest BCUT2D eigenvalue weighted by Gasteiger charge is 2.36. The number of imide groups is 1. The predicted octanol–water partition coefficient (Wildman–Crippen LogP) is 4.18. The van der Waals surface area contributed by atoms with Crippen LogP contribution in [0.1, 0.15) is 11.1 Å². The summed E-state index contributed by atoms with van der Waals surface area (Å²) in [6.07, 6.45) is 1.64. The molecule has 168 valence electrons. The first-order chi connectivity index (χ1) is 15.4. The van der Waals surface area contributed by atoms with Gasteiger partial charge in [0.2, 0.25) is 0 Å². The molecule has 2 saturated heterocycles. The van der Waals surface area contributed by atoms with Gasteiger partial charge in [-0.1, -0.05) is 23.7 Å². The lowest BCUT2D eigenvalue weighted by Crippen LogP contribution is -2.50. The fourth-order valence-corrected chi connectivity index (χ4v) is 4.69. The van der Waals surface area contributed by atoms with Crippen molar-refractivity contribution in [1.82, 2.24) is 9.80 Å². The Hall–Kier alpha value is -2.68. The molecule has 0 unspecified atom stereocenters. The molecule has 1 N–H and O–H groups in total. The maximum Gasteiger partial charge on any atom is 0.294 e. The lowest BCUT2D eigenvalue weighted by molar-refractivity contribution is -0.124. The van der Waals surface area contributed by atoms with E-state index in [0.717, 1.165) is 54.2 Å². The average molecular weight is 474 g/mol. The number of benzene rings is 2. The molecule has 4 rings (SSSR count). The molecule has 0 aliphatic carbocycles. The monoisotopic (exact) mass is 473 g/mol. The van der Waals surface area contributed by atoms with Gasteiger partial charge in [0.05, 0.1) is 18.7 Å². The average Bonchev–Trinajstić information content (AvgIpc) is 3.04. The number of nitrogens with zero attached hydrogens (tertiary/aromatic N) is 3. The van der Waals surface area contributed by atoms with E-state index in [9.17, 15) is 14.7 Å². The molecule has 2 aliphatic rings. The number of methoxy groups -OCH3 is 1. The number of anilines is 1. The first kappa shape index (κ1) is 22.5.